The van der Waals surface area contributed by atoms with Gasteiger partial charge < -0.3 is 5.11 Å². The lowest BCUT2D eigenvalue weighted by Gasteiger charge is -2.26. The molecule has 4 nitrogen and oxygen atoms in total. The van der Waals surface area contributed by atoms with Gasteiger partial charge in [0.25, 0.3) is 0 Å². The van der Waals surface area contributed by atoms with E-state index in [9.17, 15) is 19.1 Å². The summed E-state index contributed by atoms with van der Waals surface area (Å²) in [6.45, 7) is 2.68. The number of hydrogen-bond donors (Lipinski definition) is 2. The van der Waals surface area contributed by atoms with E-state index in [-0.39, 0.29) is 31.2 Å². The molecule has 0 aromatic heterocycles. The van der Waals surface area contributed by atoms with Crippen molar-refractivity contribution in [1.82, 2.24) is 4.90 Å². The predicted molar refractivity (Wildman–Crippen MR) is 66.7 cm³/mol. The van der Waals surface area contributed by atoms with Gasteiger partial charge in [0.05, 0.1) is 19.2 Å². The van der Waals surface area contributed by atoms with E-state index in [2.05, 4.69) is 12.6 Å². The lowest BCUT2D eigenvalue weighted by molar-refractivity contribution is -0.147. The van der Waals surface area contributed by atoms with Crippen molar-refractivity contribution in [2.75, 3.05) is 12.4 Å². The maximum atomic E-state index is 12.0. The van der Waals surface area contributed by atoms with E-state index in [1.54, 1.807) is 13.8 Å². The monoisotopic (exact) mass is 265 g/mol. The SMILES string of the molecule is CCC(=O)N(C(=O)C[C@H](O)CCF)[C@H](C)CS. The smallest absolute Gasteiger partial charge is 0.232 e. The van der Waals surface area contributed by atoms with Crippen molar-refractivity contribution in [2.24, 2.45) is 0 Å². The summed E-state index contributed by atoms with van der Waals surface area (Å²) in [6.07, 6.45) is -1.14. The summed E-state index contributed by atoms with van der Waals surface area (Å²) in [5.74, 6) is -0.417. The van der Waals surface area contributed by atoms with Crippen molar-refractivity contribution >= 4 is 24.4 Å². The Labute approximate surface area is 107 Å². The topological polar surface area (TPSA) is 57.6 Å². The highest BCUT2D eigenvalue weighted by atomic mass is 32.1. The number of thiol groups is 1. The van der Waals surface area contributed by atoms with E-state index in [1.807, 2.05) is 0 Å². The molecule has 0 fully saturated rings. The van der Waals surface area contributed by atoms with Gasteiger partial charge in [0.1, 0.15) is 0 Å². The van der Waals surface area contributed by atoms with Crippen LogP contribution in [0.1, 0.15) is 33.1 Å². The molecular weight excluding hydrogens is 245 g/mol. The minimum Gasteiger partial charge on any atom is -0.392 e. The first-order chi connectivity index (χ1) is 7.97. The number of nitrogens with zero attached hydrogens (tertiary/aromatic N) is 1. The maximum absolute atomic E-state index is 12.0. The molecule has 100 valence electrons. The van der Waals surface area contributed by atoms with Gasteiger partial charge in [-0.1, -0.05) is 6.92 Å². The number of amides is 2. The summed E-state index contributed by atoms with van der Waals surface area (Å²) in [7, 11) is 0. The fraction of sp³-hybridized carbons (Fsp3) is 0.818. The van der Waals surface area contributed by atoms with E-state index < -0.39 is 18.7 Å². The van der Waals surface area contributed by atoms with Crippen molar-refractivity contribution in [3.63, 3.8) is 0 Å². The van der Waals surface area contributed by atoms with Crippen LogP contribution in [0.15, 0.2) is 0 Å². The molecule has 0 saturated heterocycles. The van der Waals surface area contributed by atoms with Crippen LogP contribution in [0, 0.1) is 0 Å². The third kappa shape index (κ3) is 5.50. The molecule has 0 bridgehead atoms. The van der Waals surface area contributed by atoms with E-state index >= 15 is 0 Å². The molecule has 6 heteroatoms. The Kier molecular flexibility index (Phi) is 8.16. The van der Waals surface area contributed by atoms with Crippen LogP contribution in [0.3, 0.4) is 0 Å². The summed E-state index contributed by atoms with van der Waals surface area (Å²) in [5, 5.41) is 9.36. The van der Waals surface area contributed by atoms with E-state index in [4.69, 9.17) is 0 Å². The molecule has 0 rings (SSSR count). The molecule has 0 heterocycles. The van der Waals surface area contributed by atoms with E-state index in [0.29, 0.717) is 5.75 Å². The normalized spacial score (nSPS) is 14.2. The summed E-state index contributed by atoms with van der Waals surface area (Å²) >= 11 is 4.05. The van der Waals surface area contributed by atoms with Crippen molar-refractivity contribution in [2.45, 2.75) is 45.3 Å². The predicted octanol–water partition coefficient (Wildman–Crippen LogP) is 1.18. The Morgan fingerprint density at radius 2 is 2.00 bits per heavy atom. The molecule has 0 spiro atoms. The highest BCUT2D eigenvalue weighted by Gasteiger charge is 2.26. The Bertz CT molecular complexity index is 263. The molecule has 0 aliphatic rings. The fourth-order valence-electron chi connectivity index (χ4n) is 1.41. The molecule has 2 amide bonds. The quantitative estimate of drug-likeness (QED) is 0.680. The lowest BCUT2D eigenvalue weighted by atomic mass is 10.1. The van der Waals surface area contributed by atoms with Crippen LogP contribution in [0.5, 0.6) is 0 Å². The fourth-order valence-corrected chi connectivity index (χ4v) is 1.57. The van der Waals surface area contributed by atoms with Crippen LogP contribution in [-0.4, -0.2) is 46.4 Å². The highest BCUT2D eigenvalue weighted by molar-refractivity contribution is 7.80. The highest BCUT2D eigenvalue weighted by Crippen LogP contribution is 2.10. The lowest BCUT2D eigenvalue weighted by Crippen LogP contribution is -2.45. The van der Waals surface area contributed by atoms with Crippen molar-refractivity contribution in [3.05, 3.63) is 0 Å². The number of aliphatic hydroxyl groups excluding tert-OH is 1. The average molecular weight is 265 g/mol. The first-order valence-electron chi connectivity index (χ1n) is 5.67. The molecular formula is C11H20FNO3S. The molecule has 0 aliphatic heterocycles. The molecule has 0 aliphatic carbocycles. The van der Waals surface area contributed by atoms with E-state index in [1.165, 1.54) is 0 Å². The number of carbonyl (C=O) groups excluding carboxylic acids is 2. The summed E-state index contributed by atoms with van der Waals surface area (Å²) in [5.41, 5.74) is 0. The molecule has 0 radical (unpaired) electrons. The Balaban J connectivity index is 4.58. The molecule has 0 aromatic carbocycles. The van der Waals surface area contributed by atoms with Gasteiger partial charge in [-0.25, -0.2) is 0 Å². The number of hydrogen-bond acceptors (Lipinski definition) is 4. The number of aliphatic hydroxyl groups is 1. The Hall–Kier alpha value is -0.620. The van der Waals surface area contributed by atoms with Crippen LogP contribution < -0.4 is 0 Å². The van der Waals surface area contributed by atoms with Crippen molar-refractivity contribution in [3.8, 4) is 0 Å². The van der Waals surface area contributed by atoms with Gasteiger partial charge in [-0.3, -0.25) is 18.9 Å². The Morgan fingerprint density at radius 3 is 2.41 bits per heavy atom. The molecule has 2 atom stereocenters. The van der Waals surface area contributed by atoms with Crippen LogP contribution in [0.25, 0.3) is 0 Å². The second-order valence-corrected chi connectivity index (χ2v) is 4.24. The van der Waals surface area contributed by atoms with Gasteiger partial charge in [0, 0.05) is 24.6 Å². The standard InChI is InChI=1S/C11H20FNO3S/c1-3-10(15)13(8(2)7-17)11(16)6-9(14)4-5-12/h8-9,14,17H,3-7H2,1-2H3/t8-,9-/m1/s1. The van der Waals surface area contributed by atoms with Crippen molar-refractivity contribution < 1.29 is 19.1 Å². The summed E-state index contributed by atoms with van der Waals surface area (Å²) < 4.78 is 12.0. The van der Waals surface area contributed by atoms with Gasteiger partial charge >= 0.3 is 0 Å². The van der Waals surface area contributed by atoms with E-state index in [0.717, 1.165) is 4.90 Å². The summed E-state index contributed by atoms with van der Waals surface area (Å²) in [6, 6.07) is -0.323. The van der Waals surface area contributed by atoms with Crippen LogP contribution >= 0.6 is 12.6 Å². The van der Waals surface area contributed by atoms with Crippen molar-refractivity contribution in [1.29, 1.82) is 0 Å². The number of rotatable bonds is 7. The van der Waals surface area contributed by atoms with Gasteiger partial charge in [0.15, 0.2) is 0 Å². The van der Waals surface area contributed by atoms with Crippen LogP contribution in [0.2, 0.25) is 0 Å². The molecule has 1 N–H and O–H groups in total. The zero-order chi connectivity index (χ0) is 13.4. The molecule has 0 saturated carbocycles. The number of carbonyl (C=O) groups is 2. The summed E-state index contributed by atoms with van der Waals surface area (Å²) in [4.78, 5) is 24.5. The largest absolute Gasteiger partial charge is 0.392 e. The van der Waals surface area contributed by atoms with Crippen LogP contribution in [-0.2, 0) is 9.59 Å². The number of alkyl halides is 1. The first kappa shape index (κ1) is 16.4. The van der Waals surface area contributed by atoms with Gasteiger partial charge in [-0.15, -0.1) is 0 Å². The molecule has 0 unspecified atom stereocenters. The minimum absolute atomic E-state index is 0.0881. The maximum Gasteiger partial charge on any atom is 0.232 e. The minimum atomic E-state index is -1.04. The second kappa shape index (κ2) is 8.47. The van der Waals surface area contributed by atoms with Gasteiger partial charge in [0.2, 0.25) is 11.8 Å². The third-order valence-electron chi connectivity index (χ3n) is 2.40. The number of imide groups is 1. The Morgan fingerprint density at radius 1 is 1.41 bits per heavy atom. The average Bonchev–Trinajstić information content (AvgIpc) is 2.28. The van der Waals surface area contributed by atoms with Gasteiger partial charge in [-0.2, -0.15) is 12.6 Å². The van der Waals surface area contributed by atoms with Gasteiger partial charge in [-0.05, 0) is 6.92 Å². The second-order valence-electron chi connectivity index (χ2n) is 3.88. The molecule has 0 aromatic rings. The zero-order valence-corrected chi connectivity index (χ0v) is 11.1. The number of halogens is 1. The molecule has 17 heavy (non-hydrogen) atoms. The first-order valence-corrected chi connectivity index (χ1v) is 6.30. The van der Waals surface area contributed by atoms with Crippen LogP contribution in [0.4, 0.5) is 4.39 Å². The zero-order valence-electron chi connectivity index (χ0n) is 10.2. The third-order valence-corrected chi connectivity index (χ3v) is 2.93.